The average molecular weight is 235 g/mol. The van der Waals surface area contributed by atoms with E-state index in [2.05, 4.69) is 5.32 Å². The molecule has 0 radical (unpaired) electrons. The molecule has 0 fully saturated rings. The quantitative estimate of drug-likeness (QED) is 0.779. The van der Waals surface area contributed by atoms with Gasteiger partial charge in [0.25, 0.3) is 5.91 Å². The Kier molecular flexibility index (Phi) is 4.02. The molecule has 0 saturated heterocycles. The van der Waals surface area contributed by atoms with Crippen molar-refractivity contribution in [2.75, 3.05) is 0 Å². The third kappa shape index (κ3) is 4.00. The Balaban J connectivity index is 2.84. The van der Waals surface area contributed by atoms with Crippen molar-refractivity contribution in [3.05, 3.63) is 35.4 Å². The van der Waals surface area contributed by atoms with Gasteiger partial charge in [-0.05, 0) is 32.4 Å². The number of aliphatic hydroxyl groups is 1. The van der Waals surface area contributed by atoms with Gasteiger partial charge in [-0.25, -0.2) is 0 Å². The number of benzene rings is 1. The highest BCUT2D eigenvalue weighted by atomic mass is 16.3. The summed E-state index contributed by atoms with van der Waals surface area (Å²) in [6, 6.07) is 6.36. The van der Waals surface area contributed by atoms with Crippen molar-refractivity contribution >= 4 is 12.2 Å². The molecule has 1 unspecified atom stereocenters. The van der Waals surface area contributed by atoms with Crippen LogP contribution in [0.25, 0.3) is 0 Å². The first-order chi connectivity index (χ1) is 7.83. The molecular formula is C13H17NO3. The molecule has 4 heteroatoms. The van der Waals surface area contributed by atoms with Crippen LogP contribution in [-0.2, 0) is 4.79 Å². The Morgan fingerprint density at radius 3 is 2.59 bits per heavy atom. The molecule has 1 aromatic carbocycles. The molecule has 2 N–H and O–H groups in total. The number of hydrogen-bond acceptors (Lipinski definition) is 3. The van der Waals surface area contributed by atoms with Crippen molar-refractivity contribution in [1.82, 2.24) is 5.32 Å². The minimum absolute atomic E-state index is 0.402. The third-order valence-corrected chi connectivity index (χ3v) is 2.11. The molecule has 1 aromatic rings. The van der Waals surface area contributed by atoms with Gasteiger partial charge >= 0.3 is 0 Å². The van der Waals surface area contributed by atoms with Crippen molar-refractivity contribution in [3.8, 4) is 0 Å². The third-order valence-electron chi connectivity index (χ3n) is 2.11. The zero-order chi connectivity index (χ0) is 13.1. The highest BCUT2D eigenvalue weighted by molar-refractivity contribution is 5.83. The maximum absolute atomic E-state index is 11.7. The number of hydrogen-bond donors (Lipinski definition) is 2. The Bertz CT molecular complexity index is 421. The van der Waals surface area contributed by atoms with E-state index in [0.717, 1.165) is 0 Å². The lowest BCUT2D eigenvalue weighted by Crippen LogP contribution is -2.43. The minimum Gasteiger partial charge on any atom is -0.378 e. The van der Waals surface area contributed by atoms with Crippen LogP contribution >= 0.6 is 0 Å². The molecule has 1 atom stereocenters. The summed E-state index contributed by atoms with van der Waals surface area (Å²) < 4.78 is 0. The molecular weight excluding hydrogens is 218 g/mol. The van der Waals surface area contributed by atoms with E-state index in [1.807, 2.05) is 20.8 Å². The molecule has 0 bridgehead atoms. The lowest BCUT2D eigenvalue weighted by Gasteiger charge is -2.22. The summed E-state index contributed by atoms with van der Waals surface area (Å²) in [5.41, 5.74) is 0.446. The van der Waals surface area contributed by atoms with Crippen LogP contribution in [0.3, 0.4) is 0 Å². The van der Waals surface area contributed by atoms with E-state index in [1.54, 1.807) is 18.2 Å². The number of aliphatic hydroxyl groups excluding tert-OH is 1. The van der Waals surface area contributed by atoms with Gasteiger partial charge in [0.2, 0.25) is 0 Å². The number of amides is 1. The predicted molar refractivity (Wildman–Crippen MR) is 64.7 cm³/mol. The number of nitrogens with one attached hydrogen (secondary N) is 1. The monoisotopic (exact) mass is 235 g/mol. The number of rotatable bonds is 3. The fourth-order valence-electron chi connectivity index (χ4n) is 1.39. The van der Waals surface area contributed by atoms with Crippen LogP contribution in [0.5, 0.6) is 0 Å². The van der Waals surface area contributed by atoms with Gasteiger partial charge < -0.3 is 10.4 Å². The maximum Gasteiger partial charge on any atom is 0.253 e. The summed E-state index contributed by atoms with van der Waals surface area (Å²) in [6.07, 6.45) is -0.577. The normalized spacial score (nSPS) is 12.9. The van der Waals surface area contributed by atoms with Crippen LogP contribution < -0.4 is 5.32 Å². The predicted octanol–water partition coefficient (Wildman–Crippen LogP) is 1.45. The van der Waals surface area contributed by atoms with Gasteiger partial charge in [0.1, 0.15) is 6.29 Å². The van der Waals surface area contributed by atoms with Crippen molar-refractivity contribution in [2.24, 2.45) is 0 Å². The largest absolute Gasteiger partial charge is 0.378 e. The van der Waals surface area contributed by atoms with Crippen molar-refractivity contribution in [2.45, 2.75) is 32.4 Å². The van der Waals surface area contributed by atoms with E-state index < -0.39 is 17.6 Å². The van der Waals surface area contributed by atoms with Crippen LogP contribution in [0.2, 0.25) is 0 Å². The maximum atomic E-state index is 11.7. The van der Waals surface area contributed by atoms with Crippen molar-refractivity contribution in [1.29, 1.82) is 0 Å². The summed E-state index contributed by atoms with van der Waals surface area (Å²) in [5, 5.41) is 12.5. The van der Waals surface area contributed by atoms with Gasteiger partial charge in [-0.15, -0.1) is 0 Å². The van der Waals surface area contributed by atoms with E-state index in [-0.39, 0.29) is 0 Å². The lowest BCUT2D eigenvalue weighted by atomic mass is 10.0. The van der Waals surface area contributed by atoms with E-state index in [9.17, 15) is 14.7 Å². The molecule has 0 heterocycles. The SMILES string of the molecule is CC(C)(C)NC(=O)C(O)c1cccc(C=O)c1. The van der Waals surface area contributed by atoms with Crippen LogP contribution in [-0.4, -0.2) is 22.8 Å². The number of carbonyl (C=O) groups is 2. The average Bonchev–Trinajstić information content (AvgIpc) is 2.26. The van der Waals surface area contributed by atoms with E-state index in [0.29, 0.717) is 17.4 Å². The first-order valence-electron chi connectivity index (χ1n) is 5.39. The summed E-state index contributed by atoms with van der Waals surface area (Å²) >= 11 is 0. The van der Waals surface area contributed by atoms with E-state index >= 15 is 0 Å². The molecule has 0 aromatic heterocycles. The molecule has 0 spiro atoms. The molecule has 0 aliphatic carbocycles. The second-order valence-corrected chi connectivity index (χ2v) is 4.93. The Morgan fingerprint density at radius 1 is 1.41 bits per heavy atom. The van der Waals surface area contributed by atoms with Gasteiger partial charge in [0.05, 0.1) is 0 Å². The standard InChI is InChI=1S/C13H17NO3/c1-13(2,3)14-12(17)11(16)10-6-4-5-9(7-10)8-15/h4-8,11,16H,1-3H3,(H,14,17). The molecule has 4 nitrogen and oxygen atoms in total. The van der Waals surface area contributed by atoms with Crippen LogP contribution in [0.4, 0.5) is 0 Å². The topological polar surface area (TPSA) is 66.4 Å². The first-order valence-corrected chi connectivity index (χ1v) is 5.39. The van der Waals surface area contributed by atoms with Gasteiger partial charge in [0.15, 0.2) is 6.10 Å². The van der Waals surface area contributed by atoms with Gasteiger partial charge in [-0.2, -0.15) is 0 Å². The summed E-state index contributed by atoms with van der Waals surface area (Å²) in [7, 11) is 0. The highest BCUT2D eigenvalue weighted by Crippen LogP contribution is 2.15. The van der Waals surface area contributed by atoms with Gasteiger partial charge in [-0.3, -0.25) is 9.59 Å². The second-order valence-electron chi connectivity index (χ2n) is 4.93. The van der Waals surface area contributed by atoms with Crippen LogP contribution in [0.1, 0.15) is 42.8 Å². The highest BCUT2D eigenvalue weighted by Gasteiger charge is 2.22. The van der Waals surface area contributed by atoms with Crippen LogP contribution in [0.15, 0.2) is 24.3 Å². The molecule has 17 heavy (non-hydrogen) atoms. The molecule has 0 aliphatic rings. The molecule has 92 valence electrons. The fraction of sp³-hybridized carbons (Fsp3) is 0.385. The number of carbonyl (C=O) groups excluding carboxylic acids is 2. The fourth-order valence-corrected chi connectivity index (χ4v) is 1.39. The Morgan fingerprint density at radius 2 is 2.06 bits per heavy atom. The minimum atomic E-state index is -1.26. The Labute approximate surface area is 101 Å². The number of aldehydes is 1. The van der Waals surface area contributed by atoms with Gasteiger partial charge in [-0.1, -0.05) is 18.2 Å². The van der Waals surface area contributed by atoms with E-state index in [1.165, 1.54) is 6.07 Å². The van der Waals surface area contributed by atoms with Crippen LogP contribution in [0, 0.1) is 0 Å². The molecule has 1 amide bonds. The zero-order valence-electron chi connectivity index (χ0n) is 10.2. The summed E-state index contributed by atoms with van der Waals surface area (Å²) in [5.74, 6) is -0.472. The molecule has 0 saturated carbocycles. The van der Waals surface area contributed by atoms with Crippen molar-refractivity contribution in [3.63, 3.8) is 0 Å². The van der Waals surface area contributed by atoms with Crippen molar-refractivity contribution < 1.29 is 14.7 Å². The molecule has 1 rings (SSSR count). The summed E-state index contributed by atoms with van der Waals surface area (Å²) in [4.78, 5) is 22.3. The zero-order valence-corrected chi connectivity index (χ0v) is 10.2. The lowest BCUT2D eigenvalue weighted by molar-refractivity contribution is -0.131. The second kappa shape index (κ2) is 5.10. The molecule has 0 aliphatic heterocycles. The summed E-state index contributed by atoms with van der Waals surface area (Å²) in [6.45, 7) is 5.50. The van der Waals surface area contributed by atoms with E-state index in [4.69, 9.17) is 0 Å². The first kappa shape index (κ1) is 13.4. The smallest absolute Gasteiger partial charge is 0.253 e. The van der Waals surface area contributed by atoms with Gasteiger partial charge in [0, 0.05) is 11.1 Å². The Hall–Kier alpha value is -1.68.